The van der Waals surface area contributed by atoms with Crippen LogP contribution in [0.1, 0.15) is 26.8 Å². The molecule has 5 nitrogen and oxygen atoms in total. The summed E-state index contributed by atoms with van der Waals surface area (Å²) in [4.78, 5) is 17.1. The number of anilines is 1. The molecular weight excluding hydrogens is 337 g/mol. The minimum atomic E-state index is -2.63. The van der Waals surface area contributed by atoms with Gasteiger partial charge in [0, 0.05) is 57.2 Å². The van der Waals surface area contributed by atoms with Crippen LogP contribution in [-0.4, -0.2) is 45.5 Å². The van der Waals surface area contributed by atoms with Crippen LogP contribution < -0.4 is 4.90 Å². The second kappa shape index (κ2) is 8.41. The van der Waals surface area contributed by atoms with Gasteiger partial charge in [-0.25, -0.2) is 4.98 Å². The first-order chi connectivity index (χ1) is 13.4. The molecular formula is C16H21Cl2N3O2. The molecule has 0 saturated carbocycles. The number of hydrogen-bond donors (Lipinski definition) is 1. The molecule has 126 valence electrons. The monoisotopic (exact) mass is 363 g/mol. The van der Waals surface area contributed by atoms with Gasteiger partial charge in [-0.2, -0.15) is 0 Å². The van der Waals surface area contributed by atoms with Gasteiger partial charge < -0.3 is 14.6 Å². The first-order valence-corrected chi connectivity index (χ1v) is 8.12. The lowest BCUT2D eigenvalue weighted by Crippen LogP contribution is -2.27. The molecule has 0 radical (unpaired) electrons. The molecule has 0 fully saturated rings. The van der Waals surface area contributed by atoms with Gasteiger partial charge in [0.05, 0.1) is 12.4 Å². The Bertz CT molecular complexity index is 882. The SMILES string of the molecule is [2H]c1c(N(CCCl)CCCl)ccc2c1nc(CCC([2H])([2H])C(=O)O)n2C([2H])([2H])[2H]. The Kier molecular flexibility index (Phi) is 4.08. The van der Waals surface area contributed by atoms with Gasteiger partial charge in [0.25, 0.3) is 0 Å². The van der Waals surface area contributed by atoms with Crippen LogP contribution in [0.5, 0.6) is 0 Å². The number of benzene rings is 1. The maximum Gasteiger partial charge on any atom is 0.303 e. The highest BCUT2D eigenvalue weighted by Crippen LogP contribution is 2.23. The highest BCUT2D eigenvalue weighted by Gasteiger charge is 2.11. The maximum atomic E-state index is 11.0. The van der Waals surface area contributed by atoms with Crippen molar-refractivity contribution in [2.75, 3.05) is 29.7 Å². The third-order valence-electron chi connectivity index (χ3n) is 3.30. The van der Waals surface area contributed by atoms with E-state index in [2.05, 4.69) is 4.98 Å². The number of aryl methyl sites for hydroxylation is 2. The molecule has 0 bridgehead atoms. The topological polar surface area (TPSA) is 58.4 Å². The Morgan fingerprint density at radius 2 is 2.22 bits per heavy atom. The number of carbonyl (C=O) groups is 1. The average molecular weight is 364 g/mol. The molecule has 1 aromatic carbocycles. The number of alkyl halides is 2. The van der Waals surface area contributed by atoms with Crippen molar-refractivity contribution < 1.29 is 18.1 Å². The number of aromatic nitrogens is 2. The molecule has 0 saturated heterocycles. The third kappa shape index (κ3) is 4.52. The molecule has 2 aromatic rings. The molecule has 1 aromatic heterocycles. The number of nitrogens with zero attached hydrogens (tertiary/aromatic N) is 3. The highest BCUT2D eigenvalue weighted by molar-refractivity contribution is 6.18. The number of aliphatic carboxylic acids is 1. The minimum Gasteiger partial charge on any atom is -0.481 e. The Hall–Kier alpha value is -1.46. The maximum absolute atomic E-state index is 11.0. The Balaban J connectivity index is 2.58. The van der Waals surface area contributed by atoms with Crippen molar-refractivity contribution in [3.8, 4) is 0 Å². The van der Waals surface area contributed by atoms with Crippen LogP contribution in [0.25, 0.3) is 11.0 Å². The van der Waals surface area contributed by atoms with E-state index in [1.54, 1.807) is 11.0 Å². The zero-order valence-electron chi connectivity index (χ0n) is 18.4. The summed E-state index contributed by atoms with van der Waals surface area (Å²) in [5.74, 6) is -1.01. The predicted octanol–water partition coefficient (Wildman–Crippen LogP) is 3.26. The van der Waals surface area contributed by atoms with Crippen molar-refractivity contribution in [2.24, 2.45) is 6.98 Å². The lowest BCUT2D eigenvalue weighted by molar-refractivity contribution is -0.137. The summed E-state index contributed by atoms with van der Waals surface area (Å²) in [5, 5.41) is 8.96. The van der Waals surface area contributed by atoms with Gasteiger partial charge in [-0.15, -0.1) is 23.2 Å². The number of carboxylic acids is 1. The number of hydrogen-bond acceptors (Lipinski definition) is 3. The lowest BCUT2D eigenvalue weighted by Gasteiger charge is -2.22. The smallest absolute Gasteiger partial charge is 0.303 e. The van der Waals surface area contributed by atoms with Crippen molar-refractivity contribution in [2.45, 2.75) is 19.2 Å². The van der Waals surface area contributed by atoms with Gasteiger partial charge in [0.15, 0.2) is 0 Å². The summed E-state index contributed by atoms with van der Waals surface area (Å²) in [6.45, 7) is -1.74. The first-order valence-electron chi connectivity index (χ1n) is 10.1. The van der Waals surface area contributed by atoms with Crippen molar-refractivity contribution in [1.29, 1.82) is 0 Å². The lowest BCUT2D eigenvalue weighted by atomic mass is 10.2. The van der Waals surface area contributed by atoms with Crippen molar-refractivity contribution >= 4 is 45.9 Å². The van der Waals surface area contributed by atoms with Crippen molar-refractivity contribution in [1.82, 2.24) is 9.55 Å². The summed E-state index contributed by atoms with van der Waals surface area (Å²) in [6, 6.07) is 3.14. The molecule has 0 unspecified atom stereocenters. The first kappa shape index (κ1) is 11.2. The summed E-state index contributed by atoms with van der Waals surface area (Å²) >= 11 is 11.7. The number of imidazole rings is 1. The van der Waals surface area contributed by atoms with Crippen LogP contribution >= 0.6 is 23.2 Å². The number of fused-ring (bicyclic) bond motifs is 1. The van der Waals surface area contributed by atoms with Crippen LogP contribution in [0.4, 0.5) is 5.69 Å². The predicted molar refractivity (Wildman–Crippen MR) is 94.9 cm³/mol. The van der Waals surface area contributed by atoms with Gasteiger partial charge in [-0.05, 0) is 24.6 Å². The number of halogens is 2. The van der Waals surface area contributed by atoms with E-state index < -0.39 is 25.7 Å². The Morgan fingerprint density at radius 1 is 1.48 bits per heavy atom. The van der Waals surface area contributed by atoms with E-state index in [9.17, 15) is 4.79 Å². The van der Waals surface area contributed by atoms with Crippen molar-refractivity contribution in [3.63, 3.8) is 0 Å². The highest BCUT2D eigenvalue weighted by atomic mass is 35.5. The van der Waals surface area contributed by atoms with Crippen LogP contribution in [0.2, 0.25) is 0 Å². The Labute approximate surface area is 154 Å². The molecule has 0 aliphatic heterocycles. The molecule has 0 aliphatic rings. The van der Waals surface area contributed by atoms with Gasteiger partial charge in [-0.1, -0.05) is 0 Å². The second-order valence-corrected chi connectivity index (χ2v) is 5.54. The van der Waals surface area contributed by atoms with Crippen molar-refractivity contribution in [3.05, 3.63) is 24.0 Å². The summed E-state index contributed by atoms with van der Waals surface area (Å²) in [6.07, 6.45) is -3.19. The average Bonchev–Trinajstić information content (AvgIpc) is 3.00. The van der Waals surface area contributed by atoms with E-state index in [-0.39, 0.29) is 29.3 Å². The van der Waals surface area contributed by atoms with E-state index in [1.807, 2.05) is 0 Å². The summed E-state index contributed by atoms with van der Waals surface area (Å²) in [7, 11) is 0. The molecule has 0 amide bonds. The largest absolute Gasteiger partial charge is 0.481 e. The zero-order chi connectivity index (χ0) is 22.0. The van der Waals surface area contributed by atoms with Crippen LogP contribution in [0.15, 0.2) is 18.2 Å². The second-order valence-electron chi connectivity index (χ2n) is 4.79. The molecule has 7 heteroatoms. The zero-order valence-corrected chi connectivity index (χ0v) is 13.9. The molecule has 23 heavy (non-hydrogen) atoms. The fraction of sp³-hybridized carbons (Fsp3) is 0.500. The fourth-order valence-corrected chi connectivity index (χ4v) is 2.65. The van der Waals surface area contributed by atoms with Gasteiger partial charge in [-0.3, -0.25) is 4.79 Å². The van der Waals surface area contributed by atoms with E-state index >= 15 is 0 Å². The Morgan fingerprint density at radius 3 is 2.83 bits per heavy atom. The van der Waals surface area contributed by atoms with E-state index in [4.69, 9.17) is 36.5 Å². The van der Waals surface area contributed by atoms with E-state index in [0.29, 0.717) is 30.5 Å². The standard InChI is InChI=1S/C16H21Cl2N3O2/c1-20-14-6-5-12(21(9-7-17)10-8-18)11-13(14)19-15(20)3-2-4-16(22)23/h5-6,11H,2-4,7-10H2,1H3,(H,22,23)/i1D3,4D2,11D. The van der Waals surface area contributed by atoms with Crippen LogP contribution in [0, 0.1) is 0 Å². The number of carboxylic acid groups (broad SMARTS) is 1. The molecule has 0 spiro atoms. The molecule has 0 atom stereocenters. The van der Waals surface area contributed by atoms with E-state index in [0.717, 1.165) is 4.57 Å². The molecule has 0 aliphatic carbocycles. The summed E-state index contributed by atoms with van der Waals surface area (Å²) < 4.78 is 48.0. The molecule has 1 N–H and O–H groups in total. The van der Waals surface area contributed by atoms with Gasteiger partial charge in [0.1, 0.15) is 5.82 Å². The quantitative estimate of drug-likeness (QED) is 0.694. The minimum absolute atomic E-state index is 0.00277. The van der Waals surface area contributed by atoms with Crippen LogP contribution in [0.3, 0.4) is 0 Å². The summed E-state index contributed by atoms with van der Waals surface area (Å²) in [5.41, 5.74) is 0.835. The third-order valence-corrected chi connectivity index (χ3v) is 3.64. The molecule has 1 heterocycles. The van der Waals surface area contributed by atoms with Gasteiger partial charge in [0.2, 0.25) is 0 Å². The number of rotatable bonds is 9. The van der Waals surface area contributed by atoms with Crippen LogP contribution in [-0.2, 0) is 18.2 Å². The van der Waals surface area contributed by atoms with Gasteiger partial charge >= 0.3 is 5.97 Å². The fourth-order valence-electron chi connectivity index (χ4n) is 2.24. The van der Waals surface area contributed by atoms with E-state index in [1.165, 1.54) is 6.07 Å². The normalized spacial score (nSPS) is 16.1. The molecule has 2 rings (SSSR count).